The molecular weight excluding hydrogens is 1220 g/mol. The number of carboxylic acid groups (broad SMARTS) is 1. The minimum atomic E-state index is -1.23. The molecule has 8 aromatic carbocycles. The first kappa shape index (κ1) is 67.0. The lowest BCUT2D eigenvalue weighted by Crippen LogP contribution is -2.59. The van der Waals surface area contributed by atoms with Crippen molar-refractivity contribution in [3.8, 4) is 11.1 Å². The third-order valence-electron chi connectivity index (χ3n) is 16.7. The molecular formula is C78H75N5O9S2. The van der Waals surface area contributed by atoms with Gasteiger partial charge in [0.15, 0.2) is 0 Å². The van der Waals surface area contributed by atoms with Crippen LogP contribution in [0.2, 0.25) is 0 Å². The molecule has 1 saturated carbocycles. The molecule has 1 heterocycles. The lowest BCUT2D eigenvalue weighted by molar-refractivity contribution is -0.138. The number of aliphatic hydroxyl groups is 1. The predicted octanol–water partition coefficient (Wildman–Crippen LogP) is 12.6. The van der Waals surface area contributed by atoms with Crippen molar-refractivity contribution in [1.29, 1.82) is 0 Å². The molecule has 2 aliphatic carbocycles. The number of allylic oxidation sites excluding steroid dienone is 1. The van der Waals surface area contributed by atoms with Crippen LogP contribution in [0.3, 0.4) is 0 Å². The number of carbonyl (C=O) groups is 6. The summed E-state index contributed by atoms with van der Waals surface area (Å²) in [4.78, 5) is 83.1. The Hall–Kier alpha value is -9.87. The van der Waals surface area contributed by atoms with Gasteiger partial charge in [-0.3, -0.25) is 29.0 Å². The number of carbonyl (C=O) groups excluding carboxylic acids is 5. The van der Waals surface area contributed by atoms with E-state index in [0.29, 0.717) is 12.8 Å². The zero-order valence-electron chi connectivity index (χ0n) is 52.1. The van der Waals surface area contributed by atoms with Crippen LogP contribution < -0.4 is 21.3 Å². The minimum Gasteiger partial charge on any atom is -0.481 e. The maximum atomic E-state index is 14.7. The number of aliphatic carboxylic acids is 1. The van der Waals surface area contributed by atoms with Gasteiger partial charge in [-0.15, -0.1) is 23.5 Å². The summed E-state index contributed by atoms with van der Waals surface area (Å²) in [6.45, 7) is 1.25. The first-order valence-corrected chi connectivity index (χ1v) is 33.3. The van der Waals surface area contributed by atoms with Gasteiger partial charge in [0.2, 0.25) is 17.7 Å². The van der Waals surface area contributed by atoms with Crippen LogP contribution in [-0.4, -0.2) is 99.1 Å². The second kappa shape index (κ2) is 32.1. The fraction of sp³-hybridized carbons (Fsp3) is 0.218. The number of fused-ring (bicyclic) bond motifs is 3. The van der Waals surface area contributed by atoms with E-state index in [0.717, 1.165) is 56.7 Å². The van der Waals surface area contributed by atoms with Crippen molar-refractivity contribution in [2.75, 3.05) is 24.7 Å². The highest BCUT2D eigenvalue weighted by atomic mass is 32.2. The SMILES string of the molecule is CC(=O)CNC(=O)C1(NC(=O)[C@@H](CSC(c2ccccc2)(c2ccccc2)c2ccccc2)NC(=O)[C@@H](Cc2ccncc2)NC(=O)OCC2c3ccccc3-c3ccccc32)CC1.O=C(O)C[C@H](O)/C=C/CCSC(c1ccccc1)(c1ccccc1)c1ccccc1. The van der Waals surface area contributed by atoms with E-state index in [2.05, 4.69) is 111 Å². The maximum absolute atomic E-state index is 14.7. The number of rotatable bonds is 28. The monoisotopic (exact) mass is 1290 g/mol. The number of ketones is 1. The molecule has 0 radical (unpaired) electrons. The first-order valence-electron chi connectivity index (χ1n) is 31.4. The van der Waals surface area contributed by atoms with Crippen molar-refractivity contribution in [3.05, 3.63) is 317 Å². The summed E-state index contributed by atoms with van der Waals surface area (Å²) in [7, 11) is 0. The van der Waals surface area contributed by atoms with E-state index < -0.39 is 58.3 Å². The van der Waals surface area contributed by atoms with Crippen LogP contribution in [0, 0.1) is 0 Å². The average Bonchev–Trinajstić information content (AvgIpc) is 1.75. The Morgan fingerprint density at radius 3 is 1.45 bits per heavy atom. The number of aromatic nitrogens is 1. The van der Waals surface area contributed by atoms with Crippen LogP contribution >= 0.6 is 23.5 Å². The summed E-state index contributed by atoms with van der Waals surface area (Å²) >= 11 is 3.32. The van der Waals surface area contributed by atoms with Gasteiger partial charge in [0.1, 0.15) is 30.0 Å². The summed E-state index contributed by atoms with van der Waals surface area (Å²) in [5, 5.41) is 29.9. The van der Waals surface area contributed by atoms with E-state index >= 15 is 0 Å². The first-order chi connectivity index (χ1) is 45.8. The van der Waals surface area contributed by atoms with Crippen LogP contribution in [0.5, 0.6) is 0 Å². The van der Waals surface area contributed by atoms with Crippen LogP contribution in [0.4, 0.5) is 4.79 Å². The molecule has 2 aliphatic rings. The van der Waals surface area contributed by atoms with E-state index in [1.807, 2.05) is 163 Å². The minimum absolute atomic E-state index is 0.0411. The number of pyridine rings is 1. The molecule has 0 spiro atoms. The highest BCUT2D eigenvalue weighted by molar-refractivity contribution is 8.01. The number of ether oxygens (including phenoxy) is 1. The number of amides is 4. The molecule has 0 bridgehead atoms. The summed E-state index contributed by atoms with van der Waals surface area (Å²) in [5.41, 5.74) is 10.3. The van der Waals surface area contributed by atoms with Crippen molar-refractivity contribution in [2.24, 2.45) is 0 Å². The van der Waals surface area contributed by atoms with E-state index in [1.54, 1.807) is 30.6 Å². The number of thioether (sulfide) groups is 2. The molecule has 1 aromatic heterocycles. The number of alkyl carbamates (subject to hydrolysis) is 1. The fourth-order valence-electron chi connectivity index (χ4n) is 12.0. The molecule has 4 amide bonds. The number of Topliss-reactive ketones (excluding diaryl/α,β-unsaturated/α-hetero) is 1. The highest BCUT2D eigenvalue weighted by Gasteiger charge is 2.52. The normalized spacial score (nSPS) is 13.9. The molecule has 3 atom stereocenters. The molecule has 6 N–H and O–H groups in total. The lowest BCUT2D eigenvalue weighted by atomic mass is 9.84. The third kappa shape index (κ3) is 16.5. The van der Waals surface area contributed by atoms with Gasteiger partial charge in [-0.05, 0) is 105 Å². The molecule has 94 heavy (non-hydrogen) atoms. The molecule has 0 saturated heterocycles. The Morgan fingerprint density at radius 1 is 0.574 bits per heavy atom. The van der Waals surface area contributed by atoms with Crippen molar-refractivity contribution in [2.45, 2.75) is 78.2 Å². The lowest BCUT2D eigenvalue weighted by Gasteiger charge is -2.37. The van der Waals surface area contributed by atoms with Gasteiger partial charge < -0.3 is 36.2 Å². The number of hydrogen-bond donors (Lipinski definition) is 6. The smallest absolute Gasteiger partial charge is 0.407 e. The molecule has 16 heteroatoms. The van der Waals surface area contributed by atoms with Crippen LogP contribution in [0.1, 0.15) is 88.6 Å². The Kier molecular flexibility index (Phi) is 22.9. The van der Waals surface area contributed by atoms with Crippen molar-refractivity contribution in [1.82, 2.24) is 26.3 Å². The Balaban J connectivity index is 0.000000268. The van der Waals surface area contributed by atoms with Crippen molar-refractivity contribution in [3.63, 3.8) is 0 Å². The summed E-state index contributed by atoms with van der Waals surface area (Å²) in [5.74, 6) is -2.22. The predicted molar refractivity (Wildman–Crippen MR) is 371 cm³/mol. The average molecular weight is 1290 g/mol. The van der Waals surface area contributed by atoms with Gasteiger partial charge in [0, 0.05) is 30.5 Å². The molecule has 0 aliphatic heterocycles. The number of aliphatic hydroxyl groups excluding tert-OH is 1. The van der Waals surface area contributed by atoms with Crippen molar-refractivity contribution >= 4 is 59.1 Å². The van der Waals surface area contributed by atoms with Crippen LogP contribution in [-0.2, 0) is 44.6 Å². The molecule has 14 nitrogen and oxygen atoms in total. The number of hydrogen-bond acceptors (Lipinski definition) is 11. The van der Waals surface area contributed by atoms with Gasteiger partial charge in [-0.25, -0.2) is 4.79 Å². The van der Waals surface area contributed by atoms with Gasteiger partial charge in [0.25, 0.3) is 0 Å². The van der Waals surface area contributed by atoms with Crippen LogP contribution in [0.15, 0.2) is 267 Å². The quantitative estimate of drug-likeness (QED) is 0.0154. The van der Waals surface area contributed by atoms with Crippen molar-refractivity contribution < 1.29 is 43.7 Å². The summed E-state index contributed by atoms with van der Waals surface area (Å²) in [6.07, 6.45) is 6.17. The fourth-order valence-corrected chi connectivity index (χ4v) is 15.0. The third-order valence-corrected chi connectivity index (χ3v) is 19.9. The molecule has 0 unspecified atom stereocenters. The Labute approximate surface area is 557 Å². The largest absolute Gasteiger partial charge is 0.481 e. The number of carboxylic acids is 1. The zero-order valence-corrected chi connectivity index (χ0v) is 53.7. The summed E-state index contributed by atoms with van der Waals surface area (Å²) in [6, 6.07) is 78.6. The second-order valence-electron chi connectivity index (χ2n) is 23.2. The summed E-state index contributed by atoms with van der Waals surface area (Å²) < 4.78 is 4.68. The van der Waals surface area contributed by atoms with E-state index in [9.17, 15) is 33.9 Å². The number of nitrogens with one attached hydrogen (secondary N) is 4. The molecule has 11 rings (SSSR count). The molecule has 478 valence electrons. The Morgan fingerprint density at radius 2 is 1.01 bits per heavy atom. The second-order valence-corrected chi connectivity index (χ2v) is 25.7. The topological polar surface area (TPSA) is 213 Å². The van der Waals surface area contributed by atoms with Gasteiger partial charge in [-0.1, -0.05) is 243 Å². The van der Waals surface area contributed by atoms with E-state index in [4.69, 9.17) is 9.84 Å². The maximum Gasteiger partial charge on any atom is 0.407 e. The standard InChI is InChI=1S/C52H49N5O6S.C26H26O3S/c1-35(58)32-54-49(61)51(27-28-51)57-48(60)46(34-64-52(37-15-5-2-6-16-37,38-17-7-3-8-18-38)39-19-9-4-10-20-39)55-47(59)45(31-36-25-29-53-30-26-36)56-50(62)63-33-44-42-23-13-11-21-40(42)41-22-12-14-24-43(41)44;27-24(20-25(28)29)18-10-11-19-30-26(21-12-4-1-5-13-21,22-14-6-2-7-15-22)23-16-8-3-9-17-23/h2-26,29-30,44-46H,27-28,31-34H2,1H3,(H,54,61)(H,55,59)(H,56,62)(H,57,60);1-10,12-18,24,27H,11,19-20H2,(H,28,29)/b;18-10+/t45-,46-;24-/m11/s1. The van der Waals surface area contributed by atoms with Gasteiger partial charge in [-0.2, -0.15) is 0 Å². The zero-order chi connectivity index (χ0) is 65.8. The highest BCUT2D eigenvalue weighted by Crippen LogP contribution is 2.51. The number of nitrogens with zero attached hydrogens (tertiary/aromatic N) is 1. The van der Waals surface area contributed by atoms with Crippen LogP contribution in [0.25, 0.3) is 11.1 Å². The molecule has 9 aromatic rings. The number of benzene rings is 8. The van der Waals surface area contributed by atoms with E-state index in [1.165, 1.54) is 35.4 Å². The van der Waals surface area contributed by atoms with E-state index in [-0.39, 0.29) is 48.2 Å². The van der Waals surface area contributed by atoms with Gasteiger partial charge in [0.05, 0.1) is 28.6 Å². The Bertz CT molecular complexity index is 3780. The molecule has 1 fully saturated rings. The van der Waals surface area contributed by atoms with Gasteiger partial charge >= 0.3 is 12.1 Å².